The lowest BCUT2D eigenvalue weighted by molar-refractivity contribution is 0.101. The number of carbonyl (C=O) groups is 1. The van der Waals surface area contributed by atoms with Crippen LogP contribution in [0.2, 0.25) is 0 Å². The molecule has 0 radical (unpaired) electrons. The molecule has 20 heavy (non-hydrogen) atoms. The lowest BCUT2D eigenvalue weighted by Gasteiger charge is -2.00. The first-order chi connectivity index (χ1) is 9.63. The monoisotopic (exact) mass is 304 g/mol. The number of carbonyl (C=O) groups excluding carboxylic acids is 1. The molecule has 102 valence electrons. The lowest BCUT2D eigenvalue weighted by Crippen LogP contribution is -2.15. The van der Waals surface area contributed by atoms with E-state index < -0.39 is 0 Å². The van der Waals surface area contributed by atoms with E-state index in [2.05, 4.69) is 15.4 Å². The van der Waals surface area contributed by atoms with E-state index in [1.165, 1.54) is 11.3 Å². The van der Waals surface area contributed by atoms with Crippen LogP contribution in [0.15, 0.2) is 29.0 Å². The molecule has 5 nitrogen and oxygen atoms in total. The highest BCUT2D eigenvalue weighted by Gasteiger charge is 2.15. The van der Waals surface area contributed by atoms with Gasteiger partial charge in [-0.15, -0.1) is 22.7 Å². The number of nitrogens with zero attached hydrogens (tertiary/aromatic N) is 3. The minimum absolute atomic E-state index is 0.197. The fraction of sp³-hybridized carbons (Fsp3) is 0.154. The number of rotatable bonds is 3. The number of thiophene rings is 1. The van der Waals surface area contributed by atoms with Crippen LogP contribution in [-0.4, -0.2) is 20.7 Å². The molecule has 7 heteroatoms. The molecular formula is C13H12N4OS2. The molecular weight excluding hydrogens is 292 g/mol. The third-order valence-corrected chi connectivity index (χ3v) is 4.49. The second kappa shape index (κ2) is 5.18. The standard InChI is InChI=1S/C13H12N4OS2/c1-8-7-20-13(14-8)15-12(18)10-6-9(16-17(10)2)11-4-3-5-19-11/h3-7H,1-2H3,(H,14,15,18). The Hall–Kier alpha value is -1.99. The van der Waals surface area contributed by atoms with Gasteiger partial charge in [-0.2, -0.15) is 5.10 Å². The van der Waals surface area contributed by atoms with Gasteiger partial charge in [-0.25, -0.2) is 4.98 Å². The van der Waals surface area contributed by atoms with Crippen LogP contribution >= 0.6 is 22.7 Å². The smallest absolute Gasteiger partial charge is 0.275 e. The van der Waals surface area contributed by atoms with E-state index in [0.717, 1.165) is 16.3 Å². The number of amides is 1. The second-order valence-corrected chi connectivity index (χ2v) is 6.07. The molecule has 3 aromatic heterocycles. The Labute approximate surface area is 123 Å². The Kier molecular flexibility index (Phi) is 3.37. The molecule has 1 N–H and O–H groups in total. The molecule has 3 rings (SSSR count). The molecule has 0 saturated carbocycles. The van der Waals surface area contributed by atoms with E-state index in [-0.39, 0.29) is 5.91 Å². The molecule has 3 aromatic rings. The first kappa shape index (κ1) is 13.0. The van der Waals surface area contributed by atoms with Crippen LogP contribution < -0.4 is 5.32 Å². The highest BCUT2D eigenvalue weighted by Crippen LogP contribution is 2.24. The van der Waals surface area contributed by atoms with Crippen molar-refractivity contribution in [2.45, 2.75) is 6.92 Å². The van der Waals surface area contributed by atoms with Crippen molar-refractivity contribution in [2.24, 2.45) is 7.05 Å². The SMILES string of the molecule is Cc1csc(NC(=O)c2cc(-c3cccs3)nn2C)n1. The van der Waals surface area contributed by atoms with E-state index >= 15 is 0 Å². The largest absolute Gasteiger partial charge is 0.296 e. The summed E-state index contributed by atoms with van der Waals surface area (Å²) >= 11 is 3.01. The van der Waals surface area contributed by atoms with Gasteiger partial charge in [-0.3, -0.25) is 14.8 Å². The Bertz CT molecular complexity index is 742. The maximum Gasteiger partial charge on any atom is 0.275 e. The van der Waals surface area contributed by atoms with Gasteiger partial charge in [0.15, 0.2) is 5.13 Å². The van der Waals surface area contributed by atoms with Crippen LogP contribution in [0.4, 0.5) is 5.13 Å². The van der Waals surface area contributed by atoms with Crippen molar-refractivity contribution in [3.8, 4) is 10.6 Å². The Balaban J connectivity index is 1.85. The van der Waals surface area contributed by atoms with Gasteiger partial charge in [0.05, 0.1) is 10.6 Å². The zero-order valence-electron chi connectivity index (χ0n) is 11.0. The summed E-state index contributed by atoms with van der Waals surface area (Å²) in [5, 5.41) is 11.6. The summed E-state index contributed by atoms with van der Waals surface area (Å²) in [5.41, 5.74) is 2.22. The van der Waals surface area contributed by atoms with Crippen LogP contribution in [0.5, 0.6) is 0 Å². The van der Waals surface area contributed by atoms with Crippen LogP contribution in [0, 0.1) is 6.92 Å². The Morgan fingerprint density at radius 1 is 1.40 bits per heavy atom. The summed E-state index contributed by atoms with van der Waals surface area (Å²) in [6.07, 6.45) is 0. The normalized spacial score (nSPS) is 10.7. The maximum absolute atomic E-state index is 12.2. The average molecular weight is 304 g/mol. The molecule has 0 aliphatic carbocycles. The fourth-order valence-corrected chi connectivity index (χ4v) is 3.16. The quantitative estimate of drug-likeness (QED) is 0.808. The van der Waals surface area contributed by atoms with Crippen molar-refractivity contribution in [1.82, 2.24) is 14.8 Å². The van der Waals surface area contributed by atoms with Gasteiger partial charge >= 0.3 is 0 Å². The van der Waals surface area contributed by atoms with Gasteiger partial charge in [0, 0.05) is 12.4 Å². The predicted molar refractivity (Wildman–Crippen MR) is 81.3 cm³/mol. The zero-order chi connectivity index (χ0) is 14.1. The summed E-state index contributed by atoms with van der Waals surface area (Å²) in [5.74, 6) is -0.197. The third kappa shape index (κ3) is 2.50. The number of nitrogens with one attached hydrogen (secondary N) is 1. The van der Waals surface area contributed by atoms with Gasteiger partial charge in [0.2, 0.25) is 0 Å². The minimum Gasteiger partial charge on any atom is -0.296 e. The Morgan fingerprint density at radius 3 is 2.90 bits per heavy atom. The molecule has 0 bridgehead atoms. The second-order valence-electron chi connectivity index (χ2n) is 4.26. The van der Waals surface area contributed by atoms with Gasteiger partial charge in [-0.1, -0.05) is 6.07 Å². The first-order valence-corrected chi connectivity index (χ1v) is 7.71. The summed E-state index contributed by atoms with van der Waals surface area (Å²) in [6, 6.07) is 5.74. The van der Waals surface area contributed by atoms with Gasteiger partial charge in [-0.05, 0) is 24.4 Å². The summed E-state index contributed by atoms with van der Waals surface area (Å²) < 4.78 is 1.59. The topological polar surface area (TPSA) is 59.8 Å². The highest BCUT2D eigenvalue weighted by atomic mass is 32.1. The van der Waals surface area contributed by atoms with E-state index in [1.807, 2.05) is 29.8 Å². The van der Waals surface area contributed by atoms with Crippen LogP contribution in [-0.2, 0) is 7.05 Å². The molecule has 0 unspecified atom stereocenters. The van der Waals surface area contributed by atoms with Crippen molar-refractivity contribution in [3.63, 3.8) is 0 Å². The molecule has 0 atom stereocenters. The van der Waals surface area contributed by atoms with Gasteiger partial charge in [0.1, 0.15) is 11.4 Å². The predicted octanol–water partition coefficient (Wildman–Crippen LogP) is 3.17. The molecule has 3 heterocycles. The fourth-order valence-electron chi connectivity index (χ4n) is 1.80. The number of aryl methyl sites for hydroxylation is 2. The molecule has 0 saturated heterocycles. The highest BCUT2D eigenvalue weighted by molar-refractivity contribution is 7.14. The number of hydrogen-bond donors (Lipinski definition) is 1. The number of thiazole rings is 1. The molecule has 0 fully saturated rings. The molecule has 0 aliphatic heterocycles. The third-order valence-electron chi connectivity index (χ3n) is 2.73. The van der Waals surface area contributed by atoms with Gasteiger partial charge in [0.25, 0.3) is 5.91 Å². The van der Waals surface area contributed by atoms with Crippen molar-refractivity contribution >= 4 is 33.7 Å². The lowest BCUT2D eigenvalue weighted by atomic mass is 10.3. The van der Waals surface area contributed by atoms with E-state index in [4.69, 9.17) is 0 Å². The summed E-state index contributed by atoms with van der Waals surface area (Å²) in [7, 11) is 1.76. The minimum atomic E-state index is -0.197. The number of anilines is 1. The van der Waals surface area contributed by atoms with Crippen LogP contribution in [0.3, 0.4) is 0 Å². The maximum atomic E-state index is 12.2. The first-order valence-electron chi connectivity index (χ1n) is 5.95. The van der Waals surface area contributed by atoms with Gasteiger partial charge < -0.3 is 0 Å². The summed E-state index contributed by atoms with van der Waals surface area (Å²) in [6.45, 7) is 1.89. The molecule has 0 aliphatic rings. The Morgan fingerprint density at radius 2 is 2.25 bits per heavy atom. The van der Waals surface area contributed by atoms with Crippen molar-refractivity contribution in [1.29, 1.82) is 0 Å². The van der Waals surface area contributed by atoms with Crippen LogP contribution in [0.1, 0.15) is 16.2 Å². The van der Waals surface area contributed by atoms with Crippen LogP contribution in [0.25, 0.3) is 10.6 Å². The molecule has 1 amide bonds. The zero-order valence-corrected chi connectivity index (χ0v) is 12.6. The molecule has 0 aromatic carbocycles. The number of hydrogen-bond acceptors (Lipinski definition) is 5. The number of aromatic nitrogens is 3. The van der Waals surface area contributed by atoms with Crippen molar-refractivity contribution in [3.05, 3.63) is 40.3 Å². The van der Waals surface area contributed by atoms with E-state index in [0.29, 0.717) is 10.8 Å². The molecule has 0 spiro atoms. The van der Waals surface area contributed by atoms with Crippen molar-refractivity contribution < 1.29 is 4.79 Å². The average Bonchev–Trinajstić information content (AvgIpc) is 3.09. The summed E-state index contributed by atoms with van der Waals surface area (Å²) in [4.78, 5) is 17.5. The van der Waals surface area contributed by atoms with E-state index in [9.17, 15) is 4.79 Å². The van der Waals surface area contributed by atoms with Crippen molar-refractivity contribution in [2.75, 3.05) is 5.32 Å². The van der Waals surface area contributed by atoms with E-state index in [1.54, 1.807) is 29.1 Å².